The third kappa shape index (κ3) is 5.38. The van der Waals surface area contributed by atoms with Gasteiger partial charge in [-0.25, -0.2) is 0 Å². The van der Waals surface area contributed by atoms with Gasteiger partial charge in [-0.15, -0.1) is 0 Å². The van der Waals surface area contributed by atoms with Gasteiger partial charge in [0.2, 0.25) is 5.91 Å². The van der Waals surface area contributed by atoms with Crippen LogP contribution in [0.4, 0.5) is 0 Å². The largest absolute Gasteiger partial charge is 0.344 e. The number of piperazine rings is 1. The molecule has 0 radical (unpaired) electrons. The van der Waals surface area contributed by atoms with Crippen LogP contribution >= 0.6 is 0 Å². The minimum absolute atomic E-state index is 0.0134. The molecular weight excluding hydrogens is 386 g/mol. The van der Waals surface area contributed by atoms with Crippen molar-refractivity contribution in [2.45, 2.75) is 6.04 Å². The molecule has 2 amide bonds. The number of rotatable bonds is 6. The van der Waals surface area contributed by atoms with E-state index < -0.39 is 0 Å². The molecule has 1 saturated heterocycles. The molecule has 1 aliphatic heterocycles. The third-order valence-electron chi connectivity index (χ3n) is 5.62. The number of benzene rings is 3. The molecule has 4 rings (SSSR count). The summed E-state index contributed by atoms with van der Waals surface area (Å²) in [6.45, 7) is 2.95. The molecule has 0 spiro atoms. The lowest BCUT2D eigenvalue weighted by molar-refractivity contribution is -0.123. The van der Waals surface area contributed by atoms with E-state index in [4.69, 9.17) is 0 Å². The summed E-state index contributed by atoms with van der Waals surface area (Å²) in [6.07, 6.45) is 0. The van der Waals surface area contributed by atoms with E-state index in [-0.39, 0.29) is 17.9 Å². The van der Waals surface area contributed by atoms with Gasteiger partial charge in [-0.3, -0.25) is 14.5 Å². The quantitative estimate of drug-likeness (QED) is 0.674. The Bertz CT molecular complexity index is 945. The van der Waals surface area contributed by atoms with Crippen LogP contribution in [-0.2, 0) is 4.79 Å². The Labute approximate surface area is 183 Å². The van der Waals surface area contributed by atoms with Crippen LogP contribution in [0.3, 0.4) is 0 Å². The van der Waals surface area contributed by atoms with Crippen molar-refractivity contribution in [1.29, 1.82) is 0 Å². The van der Waals surface area contributed by atoms with Crippen molar-refractivity contribution in [3.63, 3.8) is 0 Å². The van der Waals surface area contributed by atoms with Gasteiger partial charge in [0.15, 0.2) is 0 Å². The zero-order chi connectivity index (χ0) is 21.5. The minimum atomic E-state index is -0.184. The maximum Gasteiger partial charge on any atom is 0.253 e. The molecule has 31 heavy (non-hydrogen) atoms. The lowest BCUT2D eigenvalue weighted by Crippen LogP contribution is -2.51. The molecule has 0 unspecified atom stereocenters. The fourth-order valence-corrected chi connectivity index (χ4v) is 3.93. The molecule has 0 atom stereocenters. The lowest BCUT2D eigenvalue weighted by Gasteiger charge is -2.34. The topological polar surface area (TPSA) is 52.7 Å². The second-order valence-electron chi connectivity index (χ2n) is 7.76. The summed E-state index contributed by atoms with van der Waals surface area (Å²) in [4.78, 5) is 29.5. The van der Waals surface area contributed by atoms with E-state index in [0.717, 1.165) is 11.1 Å². The maximum absolute atomic E-state index is 12.9. The highest BCUT2D eigenvalue weighted by Crippen LogP contribution is 2.21. The molecule has 5 heteroatoms. The first-order valence-electron chi connectivity index (χ1n) is 10.7. The first kappa shape index (κ1) is 20.8. The van der Waals surface area contributed by atoms with E-state index in [1.807, 2.05) is 95.9 Å². The first-order valence-corrected chi connectivity index (χ1v) is 10.7. The van der Waals surface area contributed by atoms with Crippen LogP contribution in [0.2, 0.25) is 0 Å². The highest BCUT2D eigenvalue weighted by atomic mass is 16.2. The van der Waals surface area contributed by atoms with Gasteiger partial charge in [0, 0.05) is 31.7 Å². The fourth-order valence-electron chi connectivity index (χ4n) is 3.93. The van der Waals surface area contributed by atoms with E-state index in [1.165, 1.54) is 0 Å². The molecule has 5 nitrogen and oxygen atoms in total. The van der Waals surface area contributed by atoms with Gasteiger partial charge in [0.05, 0.1) is 12.6 Å². The van der Waals surface area contributed by atoms with Gasteiger partial charge in [-0.2, -0.15) is 0 Å². The first-order chi connectivity index (χ1) is 15.2. The summed E-state index contributed by atoms with van der Waals surface area (Å²) in [7, 11) is 0. The van der Waals surface area contributed by atoms with E-state index in [2.05, 4.69) is 10.2 Å². The van der Waals surface area contributed by atoms with Crippen molar-refractivity contribution in [1.82, 2.24) is 15.1 Å². The molecule has 0 bridgehead atoms. The second kappa shape index (κ2) is 10.0. The molecule has 3 aromatic carbocycles. The monoisotopic (exact) mass is 413 g/mol. The number of carbonyl (C=O) groups excluding carboxylic acids is 2. The molecule has 3 aromatic rings. The Morgan fingerprint density at radius 2 is 1.19 bits per heavy atom. The Hall–Kier alpha value is -3.44. The number of hydrogen-bond donors (Lipinski definition) is 1. The summed E-state index contributed by atoms with van der Waals surface area (Å²) in [5.41, 5.74) is 2.82. The van der Waals surface area contributed by atoms with Crippen molar-refractivity contribution >= 4 is 11.8 Å². The standard InChI is InChI=1S/C26H27N3O2/c30-24(27-25(21-10-4-1-5-11-21)22-12-6-2-7-13-22)20-28-16-18-29(19-17-28)26(31)23-14-8-3-9-15-23/h1-15,25H,16-20H2,(H,27,30). The van der Waals surface area contributed by atoms with Crippen molar-refractivity contribution < 1.29 is 9.59 Å². The van der Waals surface area contributed by atoms with Crippen LogP contribution < -0.4 is 5.32 Å². The summed E-state index contributed by atoms with van der Waals surface area (Å²) >= 11 is 0. The average Bonchev–Trinajstić information content (AvgIpc) is 2.84. The average molecular weight is 414 g/mol. The smallest absolute Gasteiger partial charge is 0.253 e. The number of carbonyl (C=O) groups is 2. The van der Waals surface area contributed by atoms with Gasteiger partial charge in [0.25, 0.3) is 5.91 Å². The van der Waals surface area contributed by atoms with Gasteiger partial charge in [0.1, 0.15) is 0 Å². The molecule has 0 aromatic heterocycles. The molecule has 1 fully saturated rings. The molecule has 1 aliphatic rings. The van der Waals surface area contributed by atoms with Crippen molar-refractivity contribution in [3.05, 3.63) is 108 Å². The Balaban J connectivity index is 1.34. The normalized spacial score (nSPS) is 14.4. The number of nitrogens with one attached hydrogen (secondary N) is 1. The zero-order valence-corrected chi connectivity index (χ0v) is 17.5. The van der Waals surface area contributed by atoms with Gasteiger partial charge in [-0.05, 0) is 23.3 Å². The zero-order valence-electron chi connectivity index (χ0n) is 17.5. The van der Waals surface area contributed by atoms with Crippen LogP contribution in [0.25, 0.3) is 0 Å². The van der Waals surface area contributed by atoms with Gasteiger partial charge in [-0.1, -0.05) is 78.9 Å². The number of hydrogen-bond acceptors (Lipinski definition) is 3. The predicted octanol–water partition coefficient (Wildman–Crippen LogP) is 3.35. The predicted molar refractivity (Wildman–Crippen MR) is 122 cm³/mol. The summed E-state index contributed by atoms with van der Waals surface area (Å²) in [5, 5.41) is 3.20. The van der Waals surface area contributed by atoms with E-state index in [9.17, 15) is 9.59 Å². The summed E-state index contributed by atoms with van der Waals surface area (Å²) in [6, 6.07) is 29.2. The fraction of sp³-hybridized carbons (Fsp3) is 0.231. The van der Waals surface area contributed by atoms with E-state index in [0.29, 0.717) is 38.3 Å². The Morgan fingerprint density at radius 1 is 0.710 bits per heavy atom. The summed E-state index contributed by atoms with van der Waals surface area (Å²) < 4.78 is 0. The highest BCUT2D eigenvalue weighted by Gasteiger charge is 2.24. The van der Waals surface area contributed by atoms with E-state index in [1.54, 1.807) is 0 Å². The number of amides is 2. The molecule has 0 saturated carbocycles. The highest BCUT2D eigenvalue weighted by molar-refractivity contribution is 5.94. The maximum atomic E-state index is 12.9. The molecule has 1 N–H and O–H groups in total. The minimum Gasteiger partial charge on any atom is -0.344 e. The van der Waals surface area contributed by atoms with Crippen LogP contribution in [-0.4, -0.2) is 54.3 Å². The molecular formula is C26H27N3O2. The molecule has 158 valence electrons. The van der Waals surface area contributed by atoms with Crippen LogP contribution in [0.1, 0.15) is 27.5 Å². The SMILES string of the molecule is O=C(CN1CCN(C(=O)c2ccccc2)CC1)NC(c1ccccc1)c1ccccc1. The third-order valence-corrected chi connectivity index (χ3v) is 5.62. The summed E-state index contributed by atoms with van der Waals surface area (Å²) in [5.74, 6) is 0.0402. The molecule has 0 aliphatic carbocycles. The second-order valence-corrected chi connectivity index (χ2v) is 7.76. The van der Waals surface area contributed by atoms with Crippen LogP contribution in [0.15, 0.2) is 91.0 Å². The van der Waals surface area contributed by atoms with Crippen molar-refractivity contribution in [2.24, 2.45) is 0 Å². The van der Waals surface area contributed by atoms with E-state index >= 15 is 0 Å². The number of nitrogens with zero attached hydrogens (tertiary/aromatic N) is 2. The lowest BCUT2D eigenvalue weighted by atomic mass is 9.99. The molecule has 1 heterocycles. The van der Waals surface area contributed by atoms with Crippen molar-refractivity contribution in [2.75, 3.05) is 32.7 Å². The van der Waals surface area contributed by atoms with Crippen molar-refractivity contribution in [3.8, 4) is 0 Å². The Kier molecular flexibility index (Phi) is 6.75. The van der Waals surface area contributed by atoms with Crippen LogP contribution in [0.5, 0.6) is 0 Å². The van der Waals surface area contributed by atoms with Crippen LogP contribution in [0, 0.1) is 0 Å². The Morgan fingerprint density at radius 3 is 1.71 bits per heavy atom. The van der Waals surface area contributed by atoms with Gasteiger partial charge >= 0.3 is 0 Å². The van der Waals surface area contributed by atoms with Gasteiger partial charge < -0.3 is 10.2 Å².